The van der Waals surface area contributed by atoms with E-state index < -0.39 is 4.92 Å². The van der Waals surface area contributed by atoms with E-state index in [0.29, 0.717) is 10.7 Å². The second kappa shape index (κ2) is 10.6. The van der Waals surface area contributed by atoms with Crippen molar-refractivity contribution < 1.29 is 4.92 Å². The van der Waals surface area contributed by atoms with Gasteiger partial charge in [-0.2, -0.15) is 20.1 Å². The first-order chi connectivity index (χ1) is 16.9. The summed E-state index contributed by atoms with van der Waals surface area (Å²) >= 11 is 5.92. The molecule has 3 aromatic carbocycles. The molecule has 10 nitrogen and oxygen atoms in total. The van der Waals surface area contributed by atoms with Crippen LogP contribution in [0.15, 0.2) is 71.8 Å². The van der Waals surface area contributed by atoms with Crippen molar-refractivity contribution >= 4 is 52.7 Å². The molecule has 0 fully saturated rings. The van der Waals surface area contributed by atoms with Gasteiger partial charge >= 0.3 is 0 Å². The Morgan fingerprint density at radius 2 is 1.43 bits per heavy atom. The zero-order valence-corrected chi connectivity index (χ0v) is 19.6. The maximum atomic E-state index is 10.9. The van der Waals surface area contributed by atoms with Crippen LogP contribution in [0.5, 0.6) is 0 Å². The molecule has 0 aliphatic carbocycles. The number of nitrogens with zero attached hydrogens (tertiary/aromatic N) is 5. The van der Waals surface area contributed by atoms with Crippen LogP contribution < -0.4 is 16.1 Å². The molecular weight excluding hydrogens is 468 g/mol. The summed E-state index contributed by atoms with van der Waals surface area (Å²) in [5.41, 5.74) is 7.33. The summed E-state index contributed by atoms with van der Waals surface area (Å²) in [5.74, 6) is 0.710. The number of nitro groups is 1. The van der Waals surface area contributed by atoms with Crippen LogP contribution in [0.4, 0.5) is 34.9 Å². The molecule has 0 aliphatic rings. The standard InChI is InChI=1S/C24H21ClN8O2/c1-15-3-8-20(13-16(15)2)28-23-29-22(27-19-9-11-21(12-10-19)33(34)35)30-24(31-23)32-26-14-17-4-6-18(25)7-5-17/h3-14H,1-2H3,(H3,27,28,29,30,31,32)/b26-14-. The number of nitrogens with one attached hydrogen (secondary N) is 3. The lowest BCUT2D eigenvalue weighted by atomic mass is 10.1. The summed E-state index contributed by atoms with van der Waals surface area (Å²) in [6.07, 6.45) is 1.61. The van der Waals surface area contributed by atoms with Crippen LogP contribution in [-0.2, 0) is 0 Å². The van der Waals surface area contributed by atoms with Crippen molar-refractivity contribution in [2.75, 3.05) is 16.1 Å². The number of anilines is 5. The zero-order valence-electron chi connectivity index (χ0n) is 18.9. The lowest BCUT2D eigenvalue weighted by Crippen LogP contribution is -2.07. The molecule has 0 radical (unpaired) electrons. The lowest BCUT2D eigenvalue weighted by molar-refractivity contribution is -0.384. The zero-order chi connectivity index (χ0) is 24.8. The molecule has 0 bridgehead atoms. The molecule has 4 aromatic rings. The van der Waals surface area contributed by atoms with E-state index in [4.69, 9.17) is 11.6 Å². The van der Waals surface area contributed by atoms with E-state index in [-0.39, 0.29) is 23.5 Å². The Hall–Kier alpha value is -4.57. The number of non-ortho nitro benzene ring substituents is 1. The molecule has 0 saturated carbocycles. The van der Waals surface area contributed by atoms with Crippen molar-refractivity contribution in [3.63, 3.8) is 0 Å². The average molecular weight is 489 g/mol. The maximum Gasteiger partial charge on any atom is 0.269 e. The van der Waals surface area contributed by atoms with Gasteiger partial charge in [0.15, 0.2) is 0 Å². The van der Waals surface area contributed by atoms with Crippen molar-refractivity contribution in [2.24, 2.45) is 5.10 Å². The molecule has 3 N–H and O–H groups in total. The number of hydrazone groups is 1. The summed E-state index contributed by atoms with van der Waals surface area (Å²) in [5, 5.41) is 22.0. The van der Waals surface area contributed by atoms with Crippen molar-refractivity contribution in [3.05, 3.63) is 98.6 Å². The van der Waals surface area contributed by atoms with Crippen LogP contribution in [-0.4, -0.2) is 26.1 Å². The Morgan fingerprint density at radius 1 is 0.829 bits per heavy atom. The van der Waals surface area contributed by atoms with Gasteiger partial charge in [-0.15, -0.1) is 0 Å². The third-order valence-corrected chi connectivity index (χ3v) is 5.23. The number of benzene rings is 3. The van der Waals surface area contributed by atoms with E-state index in [2.05, 4.69) is 36.1 Å². The molecule has 0 amide bonds. The van der Waals surface area contributed by atoms with Gasteiger partial charge in [0.2, 0.25) is 17.8 Å². The first-order valence-corrected chi connectivity index (χ1v) is 10.9. The van der Waals surface area contributed by atoms with Gasteiger partial charge in [-0.3, -0.25) is 10.1 Å². The molecule has 0 unspecified atom stereocenters. The molecule has 11 heteroatoms. The molecule has 1 heterocycles. The van der Waals surface area contributed by atoms with Gasteiger partial charge in [-0.1, -0.05) is 29.8 Å². The monoisotopic (exact) mass is 488 g/mol. The van der Waals surface area contributed by atoms with E-state index in [1.807, 2.05) is 44.2 Å². The van der Waals surface area contributed by atoms with E-state index in [1.165, 1.54) is 17.7 Å². The van der Waals surface area contributed by atoms with Crippen LogP contribution in [0, 0.1) is 24.0 Å². The predicted molar refractivity (Wildman–Crippen MR) is 138 cm³/mol. The quantitative estimate of drug-likeness (QED) is 0.157. The third-order valence-electron chi connectivity index (χ3n) is 4.98. The summed E-state index contributed by atoms with van der Waals surface area (Å²) in [7, 11) is 0. The summed E-state index contributed by atoms with van der Waals surface area (Å²) in [4.78, 5) is 23.6. The SMILES string of the molecule is Cc1ccc(Nc2nc(N/N=C\c3ccc(Cl)cc3)nc(Nc3ccc([N+](=O)[O-])cc3)n2)cc1C. The van der Waals surface area contributed by atoms with E-state index >= 15 is 0 Å². The van der Waals surface area contributed by atoms with Crippen LogP contribution >= 0.6 is 11.6 Å². The minimum Gasteiger partial charge on any atom is -0.324 e. The molecule has 35 heavy (non-hydrogen) atoms. The Kier molecular flexibility index (Phi) is 7.12. The second-order valence-electron chi connectivity index (χ2n) is 7.58. The number of hydrogen-bond acceptors (Lipinski definition) is 9. The number of hydrogen-bond donors (Lipinski definition) is 3. The molecule has 1 aromatic heterocycles. The van der Waals surface area contributed by atoms with Gasteiger partial charge in [0, 0.05) is 28.5 Å². The molecule has 4 rings (SSSR count). The van der Waals surface area contributed by atoms with Gasteiger partial charge in [0.05, 0.1) is 11.1 Å². The highest BCUT2D eigenvalue weighted by Crippen LogP contribution is 2.22. The maximum absolute atomic E-state index is 10.9. The van der Waals surface area contributed by atoms with Crippen molar-refractivity contribution in [1.82, 2.24) is 15.0 Å². The van der Waals surface area contributed by atoms with Crippen LogP contribution in [0.1, 0.15) is 16.7 Å². The Morgan fingerprint density at radius 3 is 2.06 bits per heavy atom. The normalized spacial score (nSPS) is 10.8. The number of halogens is 1. The fourth-order valence-corrected chi connectivity index (χ4v) is 3.12. The Labute approximate surface area is 206 Å². The van der Waals surface area contributed by atoms with E-state index in [9.17, 15) is 10.1 Å². The highest BCUT2D eigenvalue weighted by molar-refractivity contribution is 6.30. The Balaban J connectivity index is 1.59. The highest BCUT2D eigenvalue weighted by Gasteiger charge is 2.10. The van der Waals surface area contributed by atoms with Crippen molar-refractivity contribution in [2.45, 2.75) is 13.8 Å². The van der Waals surface area contributed by atoms with Crippen molar-refractivity contribution in [3.8, 4) is 0 Å². The van der Waals surface area contributed by atoms with Gasteiger partial charge in [-0.05, 0) is 66.9 Å². The number of aryl methyl sites for hydroxylation is 2. The lowest BCUT2D eigenvalue weighted by Gasteiger charge is -2.11. The summed E-state index contributed by atoms with van der Waals surface area (Å²) in [6.45, 7) is 4.06. The fraction of sp³-hybridized carbons (Fsp3) is 0.0833. The molecule has 0 atom stereocenters. The summed E-state index contributed by atoms with van der Waals surface area (Å²) < 4.78 is 0. The second-order valence-corrected chi connectivity index (χ2v) is 8.02. The smallest absolute Gasteiger partial charge is 0.269 e. The van der Waals surface area contributed by atoms with Crippen molar-refractivity contribution in [1.29, 1.82) is 0 Å². The fourth-order valence-electron chi connectivity index (χ4n) is 2.99. The molecule has 0 aliphatic heterocycles. The topological polar surface area (TPSA) is 130 Å². The van der Waals surface area contributed by atoms with E-state index in [0.717, 1.165) is 16.8 Å². The van der Waals surface area contributed by atoms with Crippen LogP contribution in [0.2, 0.25) is 5.02 Å². The molecule has 176 valence electrons. The average Bonchev–Trinajstić information content (AvgIpc) is 2.83. The van der Waals surface area contributed by atoms with Gasteiger partial charge in [0.1, 0.15) is 0 Å². The highest BCUT2D eigenvalue weighted by atomic mass is 35.5. The van der Waals surface area contributed by atoms with Gasteiger partial charge in [-0.25, -0.2) is 5.43 Å². The van der Waals surface area contributed by atoms with Gasteiger partial charge < -0.3 is 10.6 Å². The number of aromatic nitrogens is 3. The minimum atomic E-state index is -0.459. The van der Waals surface area contributed by atoms with Gasteiger partial charge in [0.25, 0.3) is 5.69 Å². The first-order valence-electron chi connectivity index (χ1n) is 10.5. The van der Waals surface area contributed by atoms with Crippen LogP contribution in [0.3, 0.4) is 0 Å². The Bertz CT molecular complexity index is 1380. The van der Waals surface area contributed by atoms with E-state index in [1.54, 1.807) is 30.5 Å². The summed E-state index contributed by atoms with van der Waals surface area (Å²) in [6, 6.07) is 19.1. The predicted octanol–water partition coefficient (Wildman–Crippen LogP) is 5.98. The third kappa shape index (κ3) is 6.49. The molecule has 0 saturated heterocycles. The largest absolute Gasteiger partial charge is 0.324 e. The molecule has 0 spiro atoms. The number of nitro benzene ring substituents is 1. The minimum absolute atomic E-state index is 0.0119. The molecular formula is C24H21ClN8O2. The first kappa shape index (κ1) is 23.6. The number of rotatable bonds is 8. The van der Waals surface area contributed by atoms with Crippen LogP contribution in [0.25, 0.3) is 0 Å².